The van der Waals surface area contributed by atoms with Gasteiger partial charge in [0.15, 0.2) is 5.96 Å². The number of nitrogens with zero attached hydrogens (tertiary/aromatic N) is 3. The van der Waals surface area contributed by atoms with Gasteiger partial charge in [-0.15, -0.1) is 6.58 Å². The first kappa shape index (κ1) is 19.3. The molecule has 1 aliphatic heterocycles. The number of aliphatic imine (C=N–C) groups is 1. The highest BCUT2D eigenvalue weighted by Crippen LogP contribution is 2.19. The summed E-state index contributed by atoms with van der Waals surface area (Å²) in [4.78, 5) is 30.9. The molecule has 1 heterocycles. The van der Waals surface area contributed by atoms with Gasteiger partial charge in [0.05, 0.1) is 19.6 Å². The van der Waals surface area contributed by atoms with Crippen LogP contribution >= 0.6 is 0 Å². The molecule has 26 heavy (non-hydrogen) atoms. The fourth-order valence-corrected chi connectivity index (χ4v) is 2.24. The number of carbonyl (C=O) groups excluding carboxylic acids is 2. The minimum absolute atomic E-state index is 0.0417. The molecule has 1 aliphatic rings. The Bertz CT molecular complexity index is 670. The molecule has 1 aromatic rings. The van der Waals surface area contributed by atoms with E-state index < -0.39 is 0 Å². The van der Waals surface area contributed by atoms with E-state index in [2.05, 4.69) is 22.2 Å². The van der Waals surface area contributed by atoms with Crippen molar-refractivity contribution >= 4 is 23.6 Å². The number of anilines is 1. The molecule has 2 N–H and O–H groups in total. The third kappa shape index (κ3) is 5.51. The van der Waals surface area contributed by atoms with E-state index in [1.165, 1.54) is 4.90 Å². The lowest BCUT2D eigenvalue weighted by atomic mass is 10.2. The van der Waals surface area contributed by atoms with Crippen molar-refractivity contribution in [2.45, 2.75) is 6.54 Å². The average Bonchev–Trinajstić information content (AvgIpc) is 3.07. The first-order valence-electron chi connectivity index (χ1n) is 8.37. The summed E-state index contributed by atoms with van der Waals surface area (Å²) in [5.74, 6) is 0.493. The molecule has 1 fully saturated rings. The highest BCUT2D eigenvalue weighted by Gasteiger charge is 2.23. The molecule has 0 radical (unpaired) electrons. The lowest BCUT2D eigenvalue weighted by molar-refractivity contribution is -0.127. The van der Waals surface area contributed by atoms with Gasteiger partial charge in [0.2, 0.25) is 5.91 Å². The smallest absolute Gasteiger partial charge is 0.414 e. The summed E-state index contributed by atoms with van der Waals surface area (Å²) in [6.45, 7) is 5.78. The molecule has 140 valence electrons. The molecule has 8 nitrogen and oxygen atoms in total. The summed E-state index contributed by atoms with van der Waals surface area (Å²) in [5.41, 5.74) is 1.79. The predicted octanol–water partition coefficient (Wildman–Crippen LogP) is 0.953. The summed E-state index contributed by atoms with van der Waals surface area (Å²) >= 11 is 0. The summed E-state index contributed by atoms with van der Waals surface area (Å²) in [5, 5.41) is 6.07. The van der Waals surface area contributed by atoms with Crippen LogP contribution in [-0.2, 0) is 16.1 Å². The largest absolute Gasteiger partial charge is 0.447 e. The number of guanidine groups is 1. The summed E-state index contributed by atoms with van der Waals surface area (Å²) in [6.07, 6.45) is 1.40. The van der Waals surface area contributed by atoms with Crippen molar-refractivity contribution in [1.82, 2.24) is 15.5 Å². The van der Waals surface area contributed by atoms with Gasteiger partial charge in [-0.2, -0.15) is 0 Å². The lowest BCUT2D eigenvalue weighted by Crippen LogP contribution is -2.43. The standard InChI is InChI=1S/C18H25N5O3/c1-4-9-19-17(21-13-16(24)22(2)3)20-12-14-5-7-15(8-6-14)23-10-11-26-18(23)25/h4-8H,1,9-13H2,2-3H3,(H2,19,20,21). The van der Waals surface area contributed by atoms with Gasteiger partial charge >= 0.3 is 6.09 Å². The van der Waals surface area contributed by atoms with Crippen LogP contribution in [0, 0.1) is 0 Å². The number of rotatable bonds is 7. The van der Waals surface area contributed by atoms with Crippen molar-refractivity contribution in [1.29, 1.82) is 0 Å². The molecule has 0 bridgehead atoms. The van der Waals surface area contributed by atoms with E-state index in [9.17, 15) is 9.59 Å². The Morgan fingerprint density at radius 2 is 2.08 bits per heavy atom. The third-order valence-corrected chi connectivity index (χ3v) is 3.75. The number of carbonyl (C=O) groups is 2. The maximum Gasteiger partial charge on any atom is 0.414 e. The SMILES string of the molecule is C=CCNC(=NCc1ccc(N2CCOC2=O)cc1)NCC(=O)N(C)C. The van der Waals surface area contributed by atoms with Crippen molar-refractivity contribution in [3.8, 4) is 0 Å². The number of hydrogen-bond acceptors (Lipinski definition) is 4. The Labute approximate surface area is 153 Å². The topological polar surface area (TPSA) is 86.3 Å². The molecule has 0 aliphatic carbocycles. The van der Waals surface area contributed by atoms with E-state index in [0.29, 0.717) is 32.2 Å². The van der Waals surface area contributed by atoms with Gasteiger partial charge in [0, 0.05) is 26.3 Å². The molecule has 0 unspecified atom stereocenters. The molecule has 0 aromatic heterocycles. The van der Waals surface area contributed by atoms with Crippen molar-refractivity contribution in [3.63, 3.8) is 0 Å². The monoisotopic (exact) mass is 359 g/mol. The van der Waals surface area contributed by atoms with Gasteiger partial charge < -0.3 is 20.3 Å². The van der Waals surface area contributed by atoms with E-state index in [-0.39, 0.29) is 18.5 Å². The molecule has 0 saturated carbocycles. The second kappa shape index (κ2) is 9.45. The zero-order valence-corrected chi connectivity index (χ0v) is 15.2. The van der Waals surface area contributed by atoms with Gasteiger partial charge in [-0.1, -0.05) is 18.2 Å². The second-order valence-electron chi connectivity index (χ2n) is 5.91. The Morgan fingerprint density at radius 1 is 1.35 bits per heavy atom. The Balaban J connectivity index is 1.97. The van der Waals surface area contributed by atoms with Gasteiger partial charge in [-0.3, -0.25) is 9.69 Å². The third-order valence-electron chi connectivity index (χ3n) is 3.75. The van der Waals surface area contributed by atoms with Crippen LogP contribution in [0.1, 0.15) is 5.56 Å². The van der Waals surface area contributed by atoms with Crippen LogP contribution in [0.3, 0.4) is 0 Å². The number of likely N-dealkylation sites (N-methyl/N-ethyl adjacent to an activating group) is 1. The van der Waals surface area contributed by atoms with Gasteiger partial charge in [0.1, 0.15) is 6.61 Å². The highest BCUT2D eigenvalue weighted by atomic mass is 16.6. The zero-order valence-electron chi connectivity index (χ0n) is 15.2. The summed E-state index contributed by atoms with van der Waals surface area (Å²) in [6, 6.07) is 7.58. The van der Waals surface area contributed by atoms with E-state index in [0.717, 1.165) is 11.3 Å². The normalized spacial score (nSPS) is 14.0. The van der Waals surface area contributed by atoms with Crippen LogP contribution in [0.4, 0.5) is 10.5 Å². The number of cyclic esters (lactones) is 1. The molecular weight excluding hydrogens is 334 g/mol. The lowest BCUT2D eigenvalue weighted by Gasteiger charge is -2.14. The summed E-state index contributed by atoms with van der Waals surface area (Å²) in [7, 11) is 3.41. The fourth-order valence-electron chi connectivity index (χ4n) is 2.24. The van der Waals surface area contributed by atoms with Crippen molar-refractivity contribution in [3.05, 3.63) is 42.5 Å². The molecule has 2 amide bonds. The molecule has 1 saturated heterocycles. The number of benzene rings is 1. The van der Waals surface area contributed by atoms with Crippen molar-refractivity contribution < 1.29 is 14.3 Å². The molecule has 0 atom stereocenters. The van der Waals surface area contributed by atoms with Gasteiger partial charge in [0.25, 0.3) is 0 Å². The molecule has 2 rings (SSSR count). The second-order valence-corrected chi connectivity index (χ2v) is 5.91. The molecule has 0 spiro atoms. The van der Waals surface area contributed by atoms with Gasteiger partial charge in [-0.25, -0.2) is 9.79 Å². The summed E-state index contributed by atoms with van der Waals surface area (Å²) < 4.78 is 4.94. The Hall–Kier alpha value is -3.03. The number of nitrogens with one attached hydrogen (secondary N) is 2. The first-order chi connectivity index (χ1) is 12.5. The molecule has 8 heteroatoms. The fraction of sp³-hybridized carbons (Fsp3) is 0.389. The first-order valence-corrected chi connectivity index (χ1v) is 8.37. The van der Waals surface area contributed by atoms with E-state index in [1.807, 2.05) is 24.3 Å². The van der Waals surface area contributed by atoms with Crippen molar-refractivity contribution in [2.24, 2.45) is 4.99 Å². The predicted molar refractivity (Wildman–Crippen MR) is 101 cm³/mol. The van der Waals surface area contributed by atoms with Crippen molar-refractivity contribution in [2.75, 3.05) is 45.2 Å². The average molecular weight is 359 g/mol. The van der Waals surface area contributed by atoms with Crippen LogP contribution in [-0.4, -0.2) is 63.2 Å². The van der Waals surface area contributed by atoms with Crippen LogP contribution in [0.5, 0.6) is 0 Å². The van der Waals surface area contributed by atoms with E-state index >= 15 is 0 Å². The minimum atomic E-state index is -0.318. The van der Waals surface area contributed by atoms with Gasteiger partial charge in [-0.05, 0) is 17.7 Å². The molecule has 1 aromatic carbocycles. The highest BCUT2D eigenvalue weighted by molar-refractivity contribution is 5.89. The minimum Gasteiger partial charge on any atom is -0.447 e. The number of amides is 2. The number of hydrogen-bond donors (Lipinski definition) is 2. The van der Waals surface area contributed by atoms with Crippen LogP contribution in [0.15, 0.2) is 41.9 Å². The van der Waals surface area contributed by atoms with E-state index in [4.69, 9.17) is 4.74 Å². The Morgan fingerprint density at radius 3 is 2.65 bits per heavy atom. The van der Waals surface area contributed by atoms with E-state index in [1.54, 1.807) is 25.1 Å². The van der Waals surface area contributed by atoms with Crippen LogP contribution in [0.25, 0.3) is 0 Å². The zero-order chi connectivity index (χ0) is 18.9. The van der Waals surface area contributed by atoms with Crippen LogP contribution in [0.2, 0.25) is 0 Å². The quantitative estimate of drug-likeness (QED) is 0.430. The maximum absolute atomic E-state index is 11.7. The Kier molecular flexibility index (Phi) is 7.02. The van der Waals surface area contributed by atoms with Crippen LogP contribution < -0.4 is 15.5 Å². The molecular formula is C18H25N5O3. The maximum atomic E-state index is 11.7. The number of ether oxygens (including phenoxy) is 1.